The first-order valence-corrected chi connectivity index (χ1v) is 5.19. The summed E-state index contributed by atoms with van der Waals surface area (Å²) in [6.45, 7) is 0.527. The molecule has 15 heavy (non-hydrogen) atoms. The van der Waals surface area contributed by atoms with Crippen molar-refractivity contribution in [2.45, 2.75) is 18.9 Å². The summed E-state index contributed by atoms with van der Waals surface area (Å²) < 4.78 is 17.7. The first kappa shape index (κ1) is 12.4. The zero-order valence-electron chi connectivity index (χ0n) is 8.67. The first-order chi connectivity index (χ1) is 7.13. The number of nitrogens with two attached hydrogens (primary N) is 1. The maximum absolute atomic E-state index is 12.7. The van der Waals surface area contributed by atoms with E-state index in [1.807, 2.05) is 0 Å². The Morgan fingerprint density at radius 1 is 1.53 bits per heavy atom. The van der Waals surface area contributed by atoms with Crippen molar-refractivity contribution in [1.29, 1.82) is 0 Å². The van der Waals surface area contributed by atoms with E-state index in [9.17, 15) is 4.39 Å². The normalized spacial score (nSPS) is 12.8. The van der Waals surface area contributed by atoms with Gasteiger partial charge in [0.05, 0.1) is 6.61 Å². The van der Waals surface area contributed by atoms with Crippen LogP contribution in [0.3, 0.4) is 0 Å². The second-order valence-electron chi connectivity index (χ2n) is 3.49. The van der Waals surface area contributed by atoms with Crippen molar-refractivity contribution in [3.8, 4) is 0 Å². The van der Waals surface area contributed by atoms with E-state index >= 15 is 0 Å². The molecular formula is C11H15ClFNO. The fraction of sp³-hybridized carbons (Fsp3) is 0.455. The Morgan fingerprint density at radius 2 is 2.27 bits per heavy atom. The molecule has 1 aromatic carbocycles. The predicted octanol–water partition coefficient (Wildman–Crippen LogP) is 2.39. The summed E-state index contributed by atoms with van der Waals surface area (Å²) in [6, 6.07) is 4.41. The van der Waals surface area contributed by atoms with Gasteiger partial charge in [-0.25, -0.2) is 4.39 Å². The molecule has 0 saturated carbocycles. The van der Waals surface area contributed by atoms with Gasteiger partial charge < -0.3 is 10.5 Å². The quantitative estimate of drug-likeness (QED) is 0.845. The van der Waals surface area contributed by atoms with Crippen LogP contribution in [0.5, 0.6) is 0 Å². The number of halogens is 2. The highest BCUT2D eigenvalue weighted by atomic mass is 35.5. The van der Waals surface area contributed by atoms with Crippen LogP contribution >= 0.6 is 11.6 Å². The van der Waals surface area contributed by atoms with Crippen molar-refractivity contribution < 1.29 is 9.13 Å². The summed E-state index contributed by atoms with van der Waals surface area (Å²) in [6.07, 6.45) is 1.52. The zero-order valence-corrected chi connectivity index (χ0v) is 9.43. The highest BCUT2D eigenvalue weighted by Crippen LogP contribution is 2.18. The number of ether oxygens (including phenoxy) is 1. The molecule has 1 aromatic rings. The number of hydrogen-bond donors (Lipinski definition) is 1. The minimum atomic E-state index is -0.315. The lowest BCUT2D eigenvalue weighted by Crippen LogP contribution is -2.26. The monoisotopic (exact) mass is 231 g/mol. The third-order valence-corrected chi connectivity index (χ3v) is 2.53. The summed E-state index contributed by atoms with van der Waals surface area (Å²) >= 11 is 5.88. The van der Waals surface area contributed by atoms with Gasteiger partial charge in [-0.05, 0) is 30.5 Å². The third kappa shape index (κ3) is 4.16. The molecule has 0 aliphatic rings. The van der Waals surface area contributed by atoms with Crippen molar-refractivity contribution >= 4 is 11.6 Å². The van der Waals surface area contributed by atoms with Crippen LogP contribution in [0.15, 0.2) is 18.2 Å². The van der Waals surface area contributed by atoms with Gasteiger partial charge in [-0.15, -0.1) is 0 Å². The minimum Gasteiger partial charge on any atom is -0.383 e. The standard InChI is InChI=1S/C11H15ClFNO/c1-15-7-10(14)5-3-8-2-4-9(13)6-11(8)12/h2,4,6,10H,3,5,7,14H2,1H3. The summed E-state index contributed by atoms with van der Waals surface area (Å²) in [5.74, 6) is -0.315. The fourth-order valence-corrected chi connectivity index (χ4v) is 1.62. The van der Waals surface area contributed by atoms with Gasteiger partial charge in [0.15, 0.2) is 0 Å². The Bertz CT molecular complexity index is 319. The average Bonchev–Trinajstić information content (AvgIpc) is 2.17. The third-order valence-electron chi connectivity index (χ3n) is 2.18. The molecule has 1 atom stereocenters. The lowest BCUT2D eigenvalue weighted by molar-refractivity contribution is 0.177. The van der Waals surface area contributed by atoms with Crippen LogP contribution in [-0.2, 0) is 11.2 Å². The highest BCUT2D eigenvalue weighted by Gasteiger charge is 2.05. The Kier molecular flexibility index (Phi) is 5.02. The molecule has 0 saturated heterocycles. The molecule has 0 aromatic heterocycles. The van der Waals surface area contributed by atoms with E-state index in [0.29, 0.717) is 11.6 Å². The lowest BCUT2D eigenvalue weighted by atomic mass is 10.1. The van der Waals surface area contributed by atoms with Crippen molar-refractivity contribution in [2.24, 2.45) is 5.73 Å². The maximum atomic E-state index is 12.7. The number of hydrogen-bond acceptors (Lipinski definition) is 2. The molecule has 0 spiro atoms. The van der Waals surface area contributed by atoms with Crippen molar-refractivity contribution in [1.82, 2.24) is 0 Å². The van der Waals surface area contributed by atoms with Crippen LogP contribution in [-0.4, -0.2) is 19.8 Å². The second-order valence-corrected chi connectivity index (χ2v) is 3.90. The molecule has 0 fully saturated rings. The molecule has 0 bridgehead atoms. The summed E-state index contributed by atoms with van der Waals surface area (Å²) in [5, 5.41) is 0.458. The van der Waals surface area contributed by atoms with E-state index in [1.54, 1.807) is 13.2 Å². The fourth-order valence-electron chi connectivity index (χ4n) is 1.36. The summed E-state index contributed by atoms with van der Waals surface area (Å²) in [7, 11) is 1.62. The van der Waals surface area contributed by atoms with Gasteiger partial charge in [0.25, 0.3) is 0 Å². The smallest absolute Gasteiger partial charge is 0.124 e. The number of benzene rings is 1. The van der Waals surface area contributed by atoms with Gasteiger partial charge in [-0.2, -0.15) is 0 Å². The van der Waals surface area contributed by atoms with Crippen molar-refractivity contribution in [2.75, 3.05) is 13.7 Å². The largest absolute Gasteiger partial charge is 0.383 e. The van der Waals surface area contributed by atoms with E-state index in [0.717, 1.165) is 18.4 Å². The van der Waals surface area contributed by atoms with Crippen molar-refractivity contribution in [3.05, 3.63) is 34.6 Å². The predicted molar refractivity (Wildman–Crippen MR) is 59.6 cm³/mol. The summed E-state index contributed by atoms with van der Waals surface area (Å²) in [5.41, 5.74) is 6.69. The first-order valence-electron chi connectivity index (χ1n) is 4.82. The molecule has 0 radical (unpaired) electrons. The van der Waals surface area contributed by atoms with E-state index < -0.39 is 0 Å². The number of rotatable bonds is 5. The molecule has 0 heterocycles. The van der Waals surface area contributed by atoms with Gasteiger partial charge in [0, 0.05) is 18.2 Å². The second kappa shape index (κ2) is 6.05. The molecule has 0 aliphatic carbocycles. The van der Waals surface area contributed by atoms with Gasteiger partial charge in [0.1, 0.15) is 5.82 Å². The van der Waals surface area contributed by atoms with E-state index in [2.05, 4.69) is 0 Å². The highest BCUT2D eigenvalue weighted by molar-refractivity contribution is 6.31. The van der Waals surface area contributed by atoms with Crippen LogP contribution in [0.2, 0.25) is 5.02 Å². The molecule has 1 rings (SSSR count). The van der Waals surface area contributed by atoms with Crippen LogP contribution in [0, 0.1) is 5.82 Å². The molecule has 2 N–H and O–H groups in total. The van der Waals surface area contributed by atoms with Gasteiger partial charge in [0.2, 0.25) is 0 Å². The Morgan fingerprint density at radius 3 is 2.87 bits per heavy atom. The van der Waals surface area contributed by atoms with Crippen LogP contribution in [0.25, 0.3) is 0 Å². The van der Waals surface area contributed by atoms with Gasteiger partial charge in [-0.1, -0.05) is 17.7 Å². The molecule has 84 valence electrons. The maximum Gasteiger partial charge on any atom is 0.124 e. The van der Waals surface area contributed by atoms with Crippen LogP contribution in [0.1, 0.15) is 12.0 Å². The lowest BCUT2D eigenvalue weighted by Gasteiger charge is -2.10. The van der Waals surface area contributed by atoms with E-state index in [1.165, 1.54) is 12.1 Å². The topological polar surface area (TPSA) is 35.2 Å². The Hall–Kier alpha value is -0.640. The van der Waals surface area contributed by atoms with Gasteiger partial charge in [-0.3, -0.25) is 0 Å². The summed E-state index contributed by atoms with van der Waals surface area (Å²) in [4.78, 5) is 0. The SMILES string of the molecule is COCC(N)CCc1ccc(F)cc1Cl. The van der Waals surface area contributed by atoms with Crippen LogP contribution < -0.4 is 5.73 Å². The minimum absolute atomic E-state index is 0.00359. The average molecular weight is 232 g/mol. The van der Waals surface area contributed by atoms with Crippen LogP contribution in [0.4, 0.5) is 4.39 Å². The molecule has 0 aliphatic heterocycles. The molecular weight excluding hydrogens is 217 g/mol. The Labute approximate surface area is 94.2 Å². The molecule has 4 heteroatoms. The molecule has 0 amide bonds. The van der Waals surface area contributed by atoms with E-state index in [-0.39, 0.29) is 11.9 Å². The van der Waals surface area contributed by atoms with Crippen molar-refractivity contribution in [3.63, 3.8) is 0 Å². The molecule has 1 unspecified atom stereocenters. The number of methoxy groups -OCH3 is 1. The van der Waals surface area contributed by atoms with Gasteiger partial charge >= 0.3 is 0 Å². The van der Waals surface area contributed by atoms with E-state index in [4.69, 9.17) is 22.1 Å². The zero-order chi connectivity index (χ0) is 11.3. The number of aryl methyl sites for hydroxylation is 1. The molecule has 2 nitrogen and oxygen atoms in total. The Balaban J connectivity index is 2.50.